The second kappa shape index (κ2) is 27.9. The Kier molecular flexibility index (Phi) is 18.8. The Morgan fingerprint density at radius 2 is 0.879 bits per heavy atom. The maximum atomic E-state index is 11.7. The van der Waals surface area contributed by atoms with Crippen molar-refractivity contribution in [1.29, 1.82) is 0 Å². The predicted molar refractivity (Wildman–Crippen MR) is 380 cm³/mol. The van der Waals surface area contributed by atoms with Gasteiger partial charge in [-0.15, -0.1) is 0 Å². The van der Waals surface area contributed by atoms with Crippen LogP contribution in [0.15, 0.2) is 166 Å². The van der Waals surface area contributed by atoms with Crippen LogP contribution in [-0.2, 0) is 56.9 Å². The van der Waals surface area contributed by atoms with Crippen LogP contribution in [0.3, 0.4) is 0 Å². The summed E-state index contributed by atoms with van der Waals surface area (Å²) in [6, 6.07) is 23.9. The zero-order valence-corrected chi connectivity index (χ0v) is 57.3. The van der Waals surface area contributed by atoms with Crippen LogP contribution in [0.4, 0.5) is 17.5 Å². The van der Waals surface area contributed by atoms with Crippen LogP contribution in [0.1, 0.15) is 58.3 Å². The van der Waals surface area contributed by atoms with Crippen molar-refractivity contribution in [3.8, 4) is 101 Å². The van der Waals surface area contributed by atoms with Crippen molar-refractivity contribution in [2.24, 2.45) is 47.7 Å². The predicted octanol–water partition coefficient (Wildman–Crippen LogP) is 9.68. The highest BCUT2D eigenvalue weighted by molar-refractivity contribution is 7.90. The Hall–Kier alpha value is -10.9. The molecule has 0 aliphatic heterocycles. The molecule has 16 rings (SSSR count). The number of aryl methyl sites for hydroxylation is 6. The number of anilines is 3. The van der Waals surface area contributed by atoms with Crippen molar-refractivity contribution in [3.63, 3.8) is 0 Å². The molecule has 4 aliphatic carbocycles. The highest BCUT2D eigenvalue weighted by atomic mass is 32.2. The Balaban J connectivity index is 0.000000133. The first kappa shape index (κ1) is 66.7. The van der Waals surface area contributed by atoms with Crippen LogP contribution < -0.4 is 16.0 Å². The van der Waals surface area contributed by atoms with Crippen LogP contribution in [0.2, 0.25) is 0 Å². The van der Waals surface area contributed by atoms with E-state index in [2.05, 4.69) is 68.6 Å². The molecule has 0 amide bonds. The molecule has 99 heavy (non-hydrogen) atoms. The third kappa shape index (κ3) is 15.4. The van der Waals surface area contributed by atoms with Crippen LogP contribution >= 0.6 is 0 Å². The average Bonchev–Trinajstić information content (AvgIpc) is 1.48. The summed E-state index contributed by atoms with van der Waals surface area (Å²) in [6.07, 6.45) is 34.0. The van der Waals surface area contributed by atoms with Crippen molar-refractivity contribution in [3.05, 3.63) is 166 Å². The van der Waals surface area contributed by atoms with Gasteiger partial charge in [-0.1, -0.05) is 54.6 Å². The zero-order chi connectivity index (χ0) is 69.2. The number of sulfone groups is 1. The molecule has 0 radical (unpaired) electrons. The van der Waals surface area contributed by atoms with Crippen LogP contribution in [0.25, 0.3) is 101 Å². The van der Waals surface area contributed by atoms with Crippen LogP contribution in [0, 0.1) is 5.41 Å². The first-order chi connectivity index (χ1) is 47.6. The van der Waals surface area contributed by atoms with E-state index in [-0.39, 0.29) is 28.5 Å². The Morgan fingerprint density at radius 1 is 0.505 bits per heavy atom. The fourth-order valence-corrected chi connectivity index (χ4v) is 14.2. The second-order valence-corrected chi connectivity index (χ2v) is 28.8. The van der Waals surface area contributed by atoms with Crippen molar-refractivity contribution in [1.82, 2.24) is 88.6 Å². The molecule has 4 aliphatic rings. The lowest BCUT2D eigenvalue weighted by atomic mass is 9.38. The van der Waals surface area contributed by atoms with E-state index in [1.165, 1.54) is 6.26 Å². The van der Waals surface area contributed by atoms with Gasteiger partial charge in [0.05, 0.1) is 61.2 Å². The number of aliphatic hydroxyl groups excluding tert-OH is 2. The van der Waals surface area contributed by atoms with E-state index >= 15 is 0 Å². The van der Waals surface area contributed by atoms with Gasteiger partial charge < -0.3 is 31.0 Å². The minimum absolute atomic E-state index is 0.0234. The molecular formula is C72H79N21O5S. The number of aliphatic hydroxyl groups is 2. The molecule has 3 atom stereocenters. The minimum atomic E-state index is -3.01. The molecule has 0 spiro atoms. The number of nitrogens with zero attached hydrogens (tertiary/aromatic N) is 18. The van der Waals surface area contributed by atoms with Gasteiger partial charge in [-0.3, -0.25) is 28.1 Å². The summed E-state index contributed by atoms with van der Waals surface area (Å²) in [5.74, 6) is 4.29. The quantitative estimate of drug-likeness (QED) is 0.0443. The number of ketones is 1. The van der Waals surface area contributed by atoms with Gasteiger partial charge in [-0.2, -0.15) is 30.6 Å². The minimum Gasteiger partial charge on any atom is -0.390 e. The highest BCUT2D eigenvalue weighted by Gasteiger charge is 2.68. The van der Waals surface area contributed by atoms with Gasteiger partial charge in [0, 0.05) is 190 Å². The molecule has 0 unspecified atom stereocenters. The third-order valence-electron chi connectivity index (χ3n) is 18.2. The van der Waals surface area contributed by atoms with E-state index in [1.54, 1.807) is 59.8 Å². The van der Waals surface area contributed by atoms with Crippen molar-refractivity contribution in [2.45, 2.75) is 82.1 Å². The largest absolute Gasteiger partial charge is 0.390 e. The summed E-state index contributed by atoms with van der Waals surface area (Å²) in [4.78, 5) is 40.2. The molecule has 12 aromatic rings. The summed E-state index contributed by atoms with van der Waals surface area (Å²) in [5.41, 5.74) is 14.4. The van der Waals surface area contributed by atoms with Gasteiger partial charge in [0.2, 0.25) is 0 Å². The normalized spacial score (nSPS) is 18.4. The standard InChI is InChI=1S/C26H27N7O.C24H27N7O2.C22H25N7O2S/c1-17(34)8-25-14-26(15-25,16-25)31-24-22(21-10-29-33(3)13-21)11-27-23(30-24)19-6-4-5-18(7-19)20-9-28-32(2)12-20;1-30-13-17(10-26-30)15-5-3-6-16(9-15)23-25-12-19(18-11-27-31(2)14-18)24(29-23)28-20-7-4-8-21(32)22(20)33;1-28-14-18(11-25-28)16-6-4-7-17(10-16)21-24-13-20(19-12-26-29(2)15-19)22(27-21)23-8-5-9-32(3,30)31/h4-7,9-13H,8,14-16H2,1-3H3,(H,27,30,31);3,5-6,9-14,20-22,32-33H,4,7-8H2,1-2H3,(H,25,28,29);4,6-7,10-15H,5,8-9H2,1-3H3,(H,23,24,27)/t;20-,21+,22-;/m.0./s1. The summed E-state index contributed by atoms with van der Waals surface area (Å²) < 4.78 is 33.5. The highest BCUT2D eigenvalue weighted by Crippen LogP contribution is 2.70. The van der Waals surface area contributed by atoms with Crippen LogP contribution in [0.5, 0.6) is 0 Å². The fraction of sp³-hybridized carbons (Fsp3) is 0.319. The van der Waals surface area contributed by atoms with E-state index in [9.17, 15) is 23.4 Å². The van der Waals surface area contributed by atoms with Crippen molar-refractivity contribution >= 4 is 33.1 Å². The number of rotatable bonds is 20. The monoisotopic (exact) mass is 1350 g/mol. The number of Topliss-reactive ketones (excluding diaryl/α,β-unsaturated/α-hetero) is 1. The average molecular weight is 1350 g/mol. The molecule has 9 aromatic heterocycles. The van der Waals surface area contributed by atoms with Crippen molar-refractivity contribution < 1.29 is 23.4 Å². The molecule has 2 bridgehead atoms. The molecule has 9 heterocycles. The SMILES string of the molecule is CC(=O)CC12CC(Nc3nc(-c4cccc(-c5cnn(C)c5)c4)ncc3-c3cnn(C)c3)(C1)C2.Cn1cc(-c2cccc(-c3ncc(-c4cnn(C)c4)c(NCCCS(C)(=O)=O)n3)c2)cn1.Cn1cc(-c2cccc(-c3ncc(-c4cnn(C)c4)c(N[C@H]4CCC[C@@H](O)[C@H]4O)n3)c2)cn1. The first-order valence-electron chi connectivity index (χ1n) is 32.8. The maximum absolute atomic E-state index is 11.7. The lowest BCUT2D eigenvalue weighted by molar-refractivity contribution is -0.144. The van der Waals surface area contributed by atoms with E-state index in [0.717, 1.165) is 121 Å². The van der Waals surface area contributed by atoms with Gasteiger partial charge >= 0.3 is 0 Å². The lowest BCUT2D eigenvalue weighted by Gasteiger charge is -2.71. The Bertz CT molecular complexity index is 4980. The molecule has 4 saturated carbocycles. The van der Waals surface area contributed by atoms with Crippen LogP contribution in [-0.4, -0.2) is 155 Å². The lowest BCUT2D eigenvalue weighted by Crippen LogP contribution is -2.71. The third-order valence-corrected chi connectivity index (χ3v) is 19.2. The van der Waals surface area contributed by atoms with Crippen molar-refractivity contribution in [2.75, 3.05) is 34.5 Å². The molecule has 5 N–H and O–H groups in total. The van der Waals surface area contributed by atoms with E-state index < -0.39 is 22.0 Å². The first-order valence-corrected chi connectivity index (χ1v) is 34.8. The topological polar surface area (TPSA) is 312 Å². The Labute approximate surface area is 573 Å². The molecule has 4 fully saturated rings. The fourth-order valence-electron chi connectivity index (χ4n) is 13.6. The van der Waals surface area contributed by atoms with Gasteiger partial charge in [0.15, 0.2) is 17.5 Å². The number of nitrogens with one attached hydrogen (secondary N) is 3. The molecule has 508 valence electrons. The number of hydrogen-bond donors (Lipinski definition) is 5. The maximum Gasteiger partial charge on any atom is 0.161 e. The molecule has 27 heteroatoms. The summed E-state index contributed by atoms with van der Waals surface area (Å²) in [7, 11) is 8.29. The summed E-state index contributed by atoms with van der Waals surface area (Å²) >= 11 is 0. The summed E-state index contributed by atoms with van der Waals surface area (Å²) in [6.45, 7) is 2.17. The van der Waals surface area contributed by atoms with Gasteiger partial charge in [-0.05, 0) is 92.2 Å². The van der Waals surface area contributed by atoms with Gasteiger partial charge in [0.1, 0.15) is 33.1 Å². The second-order valence-electron chi connectivity index (χ2n) is 26.5. The van der Waals surface area contributed by atoms with Gasteiger partial charge in [-0.25, -0.2) is 38.3 Å². The number of aromatic nitrogens is 18. The van der Waals surface area contributed by atoms with E-state index in [1.807, 2.05) is 171 Å². The smallest absolute Gasteiger partial charge is 0.161 e. The Morgan fingerprint density at radius 3 is 1.27 bits per heavy atom. The summed E-state index contributed by atoms with van der Waals surface area (Å²) in [5, 5.41) is 56.7. The number of hydrogen-bond acceptors (Lipinski definition) is 20. The number of benzene rings is 3. The van der Waals surface area contributed by atoms with E-state index in [0.29, 0.717) is 54.9 Å². The number of carbonyl (C=O) groups excluding carboxylic acids is 1. The molecule has 26 nitrogen and oxygen atoms in total. The van der Waals surface area contributed by atoms with E-state index in [4.69, 9.17) is 19.9 Å². The molecule has 3 aromatic carbocycles. The van der Waals surface area contributed by atoms with Gasteiger partial charge in [0.25, 0.3) is 0 Å². The zero-order valence-electron chi connectivity index (χ0n) is 56.5. The number of carbonyl (C=O) groups is 1. The molecule has 0 saturated heterocycles. The molecular weight excluding hydrogens is 1270 g/mol.